The first kappa shape index (κ1) is 126. The van der Waals surface area contributed by atoms with Crippen LogP contribution in [0.4, 0.5) is 97.9 Å². The van der Waals surface area contributed by atoms with Gasteiger partial charge in [-0.05, 0) is 162 Å². The largest absolute Gasteiger partial charge is 0.640 e. The van der Waals surface area contributed by atoms with Crippen LogP contribution in [0.5, 0.6) is 28.7 Å². The van der Waals surface area contributed by atoms with Crippen molar-refractivity contribution in [3.8, 4) is 28.7 Å². The van der Waals surface area contributed by atoms with Gasteiger partial charge in [0.15, 0.2) is 4.98 Å². The molecule has 0 spiro atoms. The van der Waals surface area contributed by atoms with Crippen LogP contribution in [0.2, 0.25) is 6.82 Å². The van der Waals surface area contributed by atoms with Crippen molar-refractivity contribution in [1.29, 1.82) is 5.39 Å². The second-order valence-corrected chi connectivity index (χ2v) is 38.1. The van der Waals surface area contributed by atoms with Gasteiger partial charge in [0.1, 0.15) is 63.7 Å². The van der Waals surface area contributed by atoms with Crippen molar-refractivity contribution >= 4 is 100 Å². The minimum absolute atomic E-state index is 0. The molecule has 5 aliphatic rings. The number of diazo groups is 1. The van der Waals surface area contributed by atoms with E-state index in [4.69, 9.17) is 84.9 Å². The zero-order valence-corrected chi connectivity index (χ0v) is 77.2. The van der Waals surface area contributed by atoms with Gasteiger partial charge in [0.2, 0.25) is 5.39 Å². The van der Waals surface area contributed by atoms with Gasteiger partial charge >= 0.3 is 128 Å². The molecule has 12 rings (SSSR count). The van der Waals surface area contributed by atoms with Gasteiger partial charge in [-0.1, -0.05) is 66.5 Å². The SMILES string of the molecule is C.C.C.CB(O)OCc1cc(F)ccc1[N+]#N.CC1(C)COB(OCc2cc(F)ccc2OS(=O)(=O)C(F)(F)F)OC1.CC1(C)OB(OCc2cc(F)ccc2OS(=O)(=O)C(F)(F)F)OC1(C)C.O=S(=O)(Oc1ccc(F)cc1COB1OCC(c2ccccc2)O1)C(F)(F)F.O=S(=O)(Oc1ccc(F)cc1COB1OCCCCO1)C(F)(F)F.O=S(=O)(Oc1ccc(F)cc1COB1OCCCO1)C(F)(F)F. The lowest BCUT2D eigenvalue weighted by atomic mass is 9.90. The van der Waals surface area contributed by atoms with E-state index in [1.165, 1.54) is 25.0 Å². The van der Waals surface area contributed by atoms with Crippen LogP contribution < -0.4 is 20.9 Å². The van der Waals surface area contributed by atoms with Crippen LogP contribution in [-0.4, -0.2) is 176 Å². The molecule has 7 aromatic carbocycles. The molecule has 34 nitrogen and oxygen atoms in total. The number of hydrogen-bond acceptors (Lipinski definition) is 33. The molecule has 5 saturated heterocycles. The molecule has 0 radical (unpaired) electrons. The maximum Gasteiger partial charge on any atom is 0.640 e. The lowest BCUT2D eigenvalue weighted by molar-refractivity contribution is -0.0505. The second-order valence-electron chi connectivity index (χ2n) is 30.4. The van der Waals surface area contributed by atoms with E-state index in [2.05, 4.69) is 25.9 Å². The third-order valence-corrected chi connectivity index (χ3v) is 23.0. The van der Waals surface area contributed by atoms with Crippen LogP contribution in [0.25, 0.3) is 4.98 Å². The van der Waals surface area contributed by atoms with Gasteiger partial charge in [0.25, 0.3) is 0 Å². The predicted octanol–water partition coefficient (Wildman–Crippen LogP) is 17.4. The molecule has 0 aliphatic carbocycles. The molecule has 5 heterocycles. The summed E-state index contributed by atoms with van der Waals surface area (Å²) in [5.41, 5.74) is -29.5. The fourth-order valence-corrected chi connectivity index (χ4v) is 13.0. The Morgan fingerprint density at radius 3 is 0.923 bits per heavy atom. The maximum atomic E-state index is 13.5. The van der Waals surface area contributed by atoms with E-state index < -0.39 is 236 Å². The number of benzene rings is 7. The summed E-state index contributed by atoms with van der Waals surface area (Å²) in [5.74, 6) is -7.98. The van der Waals surface area contributed by atoms with E-state index in [1.54, 1.807) is 27.7 Å². The van der Waals surface area contributed by atoms with Gasteiger partial charge in [-0.2, -0.15) is 108 Å². The van der Waals surface area contributed by atoms with E-state index in [-0.39, 0.29) is 74.4 Å². The van der Waals surface area contributed by atoms with Crippen molar-refractivity contribution in [1.82, 2.24) is 0 Å². The summed E-state index contributed by atoms with van der Waals surface area (Å²) >= 11 is 0. The van der Waals surface area contributed by atoms with Gasteiger partial charge in [0, 0.05) is 78.9 Å². The third kappa shape index (κ3) is 39.6. The Kier molecular flexibility index (Phi) is 47.3. The minimum Gasteiger partial charge on any atom is -0.427 e. The van der Waals surface area contributed by atoms with Crippen LogP contribution in [0, 0.1) is 45.7 Å². The van der Waals surface area contributed by atoms with E-state index in [0.29, 0.717) is 51.6 Å². The van der Waals surface area contributed by atoms with E-state index in [9.17, 15) is 134 Å². The highest BCUT2D eigenvalue weighted by Crippen LogP contribution is 2.41. The van der Waals surface area contributed by atoms with Gasteiger partial charge < -0.3 is 100 Å². The summed E-state index contributed by atoms with van der Waals surface area (Å²) < 4.78 is 481. The molecule has 143 heavy (non-hydrogen) atoms. The maximum absolute atomic E-state index is 13.5. The van der Waals surface area contributed by atoms with Crippen molar-refractivity contribution < 1.29 is 235 Å². The van der Waals surface area contributed by atoms with Crippen molar-refractivity contribution in [3.63, 3.8) is 0 Å². The topological polar surface area (TPSA) is 413 Å². The number of halogens is 21. The predicted molar refractivity (Wildman–Crippen MR) is 463 cm³/mol. The lowest BCUT2D eigenvalue weighted by Crippen LogP contribution is -2.42. The van der Waals surface area contributed by atoms with Crippen molar-refractivity contribution in [2.75, 3.05) is 46.2 Å². The number of hydrogen-bond donors (Lipinski definition) is 1. The van der Waals surface area contributed by atoms with Crippen LogP contribution >= 0.6 is 0 Å². The van der Waals surface area contributed by atoms with Crippen LogP contribution in [0.15, 0.2) is 140 Å². The molecule has 1 atom stereocenters. The Morgan fingerprint density at radius 2 is 0.636 bits per heavy atom. The minimum atomic E-state index is -5.91. The Morgan fingerprint density at radius 1 is 0.371 bits per heavy atom. The first-order chi connectivity index (χ1) is 64.7. The quantitative estimate of drug-likeness (QED) is 0.0150. The van der Waals surface area contributed by atoms with Gasteiger partial charge in [-0.3, -0.25) is 0 Å². The summed E-state index contributed by atoms with van der Waals surface area (Å²) in [6, 6.07) is 24.4. The Bertz CT molecular complexity index is 5880. The molecule has 1 N–H and O–H groups in total. The average molecular weight is 2180 g/mol. The molecule has 5 aliphatic heterocycles. The summed E-state index contributed by atoms with van der Waals surface area (Å²) in [7, 11) is -36.0. The molecule has 0 saturated carbocycles. The third-order valence-electron chi connectivity index (χ3n) is 18.2. The molecule has 794 valence electrons. The first-order valence-electron chi connectivity index (χ1n) is 39.6. The Hall–Kier alpha value is -9.05. The number of rotatable bonds is 29. The van der Waals surface area contributed by atoms with Gasteiger partial charge in [-0.25, -0.2) is 26.3 Å². The van der Waals surface area contributed by atoms with Crippen molar-refractivity contribution in [2.24, 2.45) is 5.41 Å². The number of nitrogens with zero attached hydrogens (tertiary/aromatic N) is 2. The van der Waals surface area contributed by atoms with Gasteiger partial charge in [-0.15, -0.1) is 0 Å². The Labute approximate surface area is 809 Å². The second kappa shape index (κ2) is 53.5. The summed E-state index contributed by atoms with van der Waals surface area (Å²) in [5, 5.41) is 17.4. The highest BCUT2D eigenvalue weighted by molar-refractivity contribution is 7.89. The lowest BCUT2D eigenvalue weighted by Gasteiger charge is -2.32. The fraction of sp³-hybridized carbons (Fsp3) is 0.455. The molecule has 0 aromatic heterocycles. The summed E-state index contributed by atoms with van der Waals surface area (Å²) in [6.45, 7) is 12.0. The highest BCUT2D eigenvalue weighted by atomic mass is 32.2. The van der Waals surface area contributed by atoms with Crippen LogP contribution in [0.1, 0.15) is 128 Å². The fourth-order valence-electron chi connectivity index (χ4n) is 10.5. The van der Waals surface area contributed by atoms with Crippen molar-refractivity contribution in [3.05, 3.63) is 218 Å². The molecule has 0 bridgehead atoms. The smallest absolute Gasteiger partial charge is 0.427 e. The Balaban J connectivity index is 0.000000359. The van der Waals surface area contributed by atoms with E-state index in [1.807, 2.05) is 44.2 Å². The molecule has 5 fully saturated rings. The summed E-state index contributed by atoms with van der Waals surface area (Å²) in [6.07, 6.45) is 1.73. The average Bonchev–Trinajstić information content (AvgIpc) is 1.64. The van der Waals surface area contributed by atoms with Crippen LogP contribution in [-0.2, 0) is 165 Å². The first-order valence-corrected chi connectivity index (χ1v) is 46.6. The molecule has 1 unspecified atom stereocenters. The standard InChI is InChI=1S/C16H13BF4O6S.C14H17BF4O6S.C13H15BF4O6S.C12H13BF4O6S.C11H11BF4O6S.C8H9BFN2O2.3CH4/c18-13-6-7-14(27-28(22,23)16(19,20)21)12(8-13)9-24-17-25-10-15(26-17)11-4-2-1-3-5-11;1-12(2)13(3,4)25-15(24-12)22-8-9-7-10(16)5-6-11(9)23-26(20,21)14(17,18)19;1-12(2)7-22-14(23-8-12)21-6-9-5-10(15)3-4-11(9)24-25(19,20)13(16,17)18;14-10-3-4-11(23-24(18,19)12(15,16)17)9(7-10)8-22-13-20-5-1-2-6-21-13;13-9-2-3-10(22-23(17,18)11(14,15)16)8(6-9)7-21-12-19-4-1-5-20-12;1-9(13)14-5-6-4-7(10)2-3-8(6)12-11;;;/h1-8,15H,9-10H2;5-7H,8H2,1-4H3;3-5H,6-8H2,1-2H3;3-4,7H,1-2,5-6,8H2;2-3,6H,1,4-5,7H2;2-4,13H,5H2,1H3;3*1H4/q;;;;;+1;;;. The van der Waals surface area contributed by atoms with E-state index >= 15 is 0 Å². The monoisotopic (exact) mass is 2180 g/mol. The zero-order chi connectivity index (χ0) is 105. The van der Waals surface area contributed by atoms with Crippen LogP contribution in [0.3, 0.4) is 0 Å². The molecular formula is C77H90B6F21N2O32S5+. The molecule has 66 heteroatoms. The molecule has 7 aromatic rings. The zero-order valence-electron chi connectivity index (χ0n) is 73.1. The number of alkyl halides is 15. The van der Waals surface area contributed by atoms with E-state index in [0.717, 1.165) is 109 Å². The summed E-state index contributed by atoms with van der Waals surface area (Å²) in [4.78, 5) is 2.96. The molecular weight excluding hydrogens is 2090 g/mol. The van der Waals surface area contributed by atoms with Gasteiger partial charge in [0.05, 0.1) is 69.1 Å². The highest BCUT2D eigenvalue weighted by Gasteiger charge is 2.56. The normalized spacial score (nSPS) is 16.6. The van der Waals surface area contributed by atoms with Crippen molar-refractivity contribution in [2.45, 2.75) is 174 Å². The molecule has 0 amide bonds.